The van der Waals surface area contributed by atoms with Crippen molar-refractivity contribution >= 4 is 43.6 Å². The van der Waals surface area contributed by atoms with Crippen molar-refractivity contribution in [2.75, 3.05) is 0 Å². The van der Waals surface area contributed by atoms with Crippen LogP contribution in [0.2, 0.25) is 0 Å². The first-order valence-electron chi connectivity index (χ1n) is 19.0. The van der Waals surface area contributed by atoms with Gasteiger partial charge >= 0.3 is 0 Å². The predicted molar refractivity (Wildman–Crippen MR) is 229 cm³/mol. The van der Waals surface area contributed by atoms with Crippen LogP contribution in [-0.2, 0) is 0 Å². The number of rotatable bonds is 4. The van der Waals surface area contributed by atoms with Crippen molar-refractivity contribution in [3.8, 4) is 67.8 Å². The molecule has 0 aliphatic carbocycles. The molecule has 56 heavy (non-hydrogen) atoms. The maximum Gasteiger partial charge on any atom is 0.238 e. The molecule has 1 aliphatic heterocycles. The van der Waals surface area contributed by atoms with Gasteiger partial charge < -0.3 is 4.57 Å². The molecule has 0 amide bonds. The third-order valence-corrected chi connectivity index (χ3v) is 11.3. The second-order valence-corrected chi connectivity index (χ2v) is 14.4. The van der Waals surface area contributed by atoms with Crippen LogP contribution in [0.3, 0.4) is 0 Å². The second kappa shape index (κ2) is 11.9. The van der Waals surface area contributed by atoms with Crippen molar-refractivity contribution in [3.05, 3.63) is 188 Å². The van der Waals surface area contributed by atoms with Crippen LogP contribution >= 0.6 is 0 Å². The highest BCUT2D eigenvalue weighted by Crippen LogP contribution is 2.51. The highest BCUT2D eigenvalue weighted by Gasteiger charge is 2.29. The van der Waals surface area contributed by atoms with E-state index in [1.165, 1.54) is 60.7 Å². The van der Waals surface area contributed by atoms with Crippen LogP contribution in [0.4, 0.5) is 0 Å². The molecule has 260 valence electrons. The average molecular weight is 714 g/mol. The fraction of sp³-hybridized carbons (Fsp3) is 0. The van der Waals surface area contributed by atoms with E-state index in [4.69, 9.17) is 15.0 Å². The molecular formula is C51H31N5. The van der Waals surface area contributed by atoms with E-state index in [9.17, 15) is 0 Å². The Labute approximate surface area is 322 Å². The van der Waals surface area contributed by atoms with Crippen LogP contribution in [0.15, 0.2) is 188 Å². The van der Waals surface area contributed by atoms with E-state index in [1.807, 2.05) is 24.3 Å². The van der Waals surface area contributed by atoms with E-state index < -0.39 is 0 Å². The Kier molecular flexibility index (Phi) is 6.56. The van der Waals surface area contributed by atoms with Gasteiger partial charge in [0.25, 0.3) is 0 Å². The van der Waals surface area contributed by atoms with E-state index in [0.29, 0.717) is 17.6 Å². The number of fused-ring (bicyclic) bond motifs is 12. The molecule has 0 spiro atoms. The SMILES string of the molecule is c1ccc(-c2ccc(-c3nc(-c4ccccc4)nc(-n4c5ccccc5c5c6c7c(cc54)c4ccccc4n7-c4ccccc4-c4ccccc4-6)n3)cc2)cc1. The Hall–Kier alpha value is -7.63. The van der Waals surface area contributed by atoms with Gasteiger partial charge in [-0.3, -0.25) is 4.57 Å². The van der Waals surface area contributed by atoms with Crippen LogP contribution < -0.4 is 0 Å². The molecule has 1 aliphatic rings. The zero-order valence-corrected chi connectivity index (χ0v) is 30.1. The molecule has 0 bridgehead atoms. The summed E-state index contributed by atoms with van der Waals surface area (Å²) in [5, 5.41) is 4.71. The van der Waals surface area contributed by atoms with Gasteiger partial charge in [-0.15, -0.1) is 0 Å². The first-order valence-corrected chi connectivity index (χ1v) is 19.0. The van der Waals surface area contributed by atoms with Crippen LogP contribution in [0.25, 0.3) is 111 Å². The summed E-state index contributed by atoms with van der Waals surface area (Å²) in [7, 11) is 0. The first-order chi connectivity index (χ1) is 27.8. The van der Waals surface area contributed by atoms with Crippen LogP contribution in [0, 0.1) is 0 Å². The number of aromatic nitrogens is 5. The molecule has 4 heterocycles. The molecule has 0 N–H and O–H groups in total. The molecule has 3 aromatic heterocycles. The molecular weight excluding hydrogens is 683 g/mol. The minimum Gasteiger partial charge on any atom is -0.308 e. The van der Waals surface area contributed by atoms with E-state index >= 15 is 0 Å². The molecule has 0 atom stereocenters. The zero-order valence-electron chi connectivity index (χ0n) is 30.1. The number of hydrogen-bond donors (Lipinski definition) is 0. The van der Waals surface area contributed by atoms with E-state index in [0.717, 1.165) is 33.1 Å². The van der Waals surface area contributed by atoms with E-state index in [2.05, 4.69) is 173 Å². The lowest BCUT2D eigenvalue weighted by molar-refractivity contribution is 0.954. The van der Waals surface area contributed by atoms with Crippen LogP contribution in [-0.4, -0.2) is 24.1 Å². The average Bonchev–Trinajstić information content (AvgIpc) is 3.74. The summed E-state index contributed by atoms with van der Waals surface area (Å²) in [6.07, 6.45) is 0. The maximum atomic E-state index is 5.32. The molecule has 0 fully saturated rings. The smallest absolute Gasteiger partial charge is 0.238 e. The summed E-state index contributed by atoms with van der Waals surface area (Å²) in [5.74, 6) is 1.82. The van der Waals surface area contributed by atoms with Gasteiger partial charge in [0.15, 0.2) is 11.6 Å². The van der Waals surface area contributed by atoms with Crippen molar-refractivity contribution in [3.63, 3.8) is 0 Å². The van der Waals surface area contributed by atoms with Gasteiger partial charge in [-0.2, -0.15) is 9.97 Å². The van der Waals surface area contributed by atoms with Gasteiger partial charge in [-0.05, 0) is 46.5 Å². The van der Waals surface area contributed by atoms with Crippen molar-refractivity contribution in [1.82, 2.24) is 24.1 Å². The molecule has 0 saturated carbocycles. The van der Waals surface area contributed by atoms with E-state index in [1.54, 1.807) is 0 Å². The fourth-order valence-corrected chi connectivity index (χ4v) is 8.88. The van der Waals surface area contributed by atoms with E-state index in [-0.39, 0.29) is 0 Å². The van der Waals surface area contributed by atoms with Crippen molar-refractivity contribution < 1.29 is 0 Å². The Morgan fingerprint density at radius 3 is 1.59 bits per heavy atom. The van der Waals surface area contributed by atoms with Gasteiger partial charge in [0.05, 0.1) is 27.8 Å². The molecule has 0 radical (unpaired) electrons. The van der Waals surface area contributed by atoms with Crippen molar-refractivity contribution in [1.29, 1.82) is 0 Å². The topological polar surface area (TPSA) is 48.5 Å². The van der Waals surface area contributed by atoms with Crippen LogP contribution in [0.1, 0.15) is 0 Å². The third kappa shape index (κ3) is 4.46. The first kappa shape index (κ1) is 30.8. The lowest BCUT2D eigenvalue weighted by atomic mass is 9.91. The molecule has 0 unspecified atom stereocenters. The second-order valence-electron chi connectivity index (χ2n) is 14.4. The standard InChI is InChI=1S/C51H31N5/c1-3-15-32(16-4-1)33-27-29-35(30-28-33)50-52-49(34-17-5-2-6-18-34)53-51(54-50)56-44-26-14-11-23-40(44)46-45(56)31-41-38-21-10-13-25-43(38)55-42-24-12-9-20-37(42)36-19-7-8-22-39(36)47(46)48(41)55/h1-31H. The van der Waals surface area contributed by atoms with Crippen molar-refractivity contribution in [2.24, 2.45) is 0 Å². The van der Waals surface area contributed by atoms with Gasteiger partial charge in [0.1, 0.15) is 0 Å². The summed E-state index contributed by atoms with van der Waals surface area (Å²) in [6, 6.07) is 66.7. The summed E-state index contributed by atoms with van der Waals surface area (Å²) >= 11 is 0. The molecule has 0 saturated heterocycles. The van der Waals surface area contributed by atoms with Crippen LogP contribution in [0.5, 0.6) is 0 Å². The maximum absolute atomic E-state index is 5.32. The number of para-hydroxylation sites is 3. The zero-order chi connectivity index (χ0) is 36.7. The molecule has 12 rings (SSSR count). The third-order valence-electron chi connectivity index (χ3n) is 11.3. The number of hydrogen-bond acceptors (Lipinski definition) is 3. The van der Waals surface area contributed by atoms with Gasteiger partial charge in [-0.25, -0.2) is 4.98 Å². The summed E-state index contributed by atoms with van der Waals surface area (Å²) in [4.78, 5) is 15.7. The predicted octanol–water partition coefficient (Wildman–Crippen LogP) is 12.7. The highest BCUT2D eigenvalue weighted by atomic mass is 15.2. The van der Waals surface area contributed by atoms with Crippen molar-refractivity contribution in [2.45, 2.75) is 0 Å². The van der Waals surface area contributed by atoms with Gasteiger partial charge in [-0.1, -0.05) is 164 Å². The van der Waals surface area contributed by atoms with Gasteiger partial charge in [0, 0.05) is 43.8 Å². The minimum atomic E-state index is 0.577. The quantitative estimate of drug-likeness (QED) is 0.182. The Morgan fingerprint density at radius 2 is 0.857 bits per heavy atom. The van der Waals surface area contributed by atoms with Gasteiger partial charge in [0.2, 0.25) is 5.95 Å². The number of benzene rings is 8. The Bertz CT molecular complexity index is 3340. The lowest BCUT2D eigenvalue weighted by Gasteiger charge is -2.13. The summed E-state index contributed by atoms with van der Waals surface area (Å²) in [6.45, 7) is 0. The largest absolute Gasteiger partial charge is 0.308 e. The molecule has 8 aromatic carbocycles. The molecule has 5 nitrogen and oxygen atoms in total. The Balaban J connectivity index is 1.21. The normalized spacial score (nSPS) is 11.9. The summed E-state index contributed by atoms with van der Waals surface area (Å²) in [5.41, 5.74) is 14.7. The summed E-state index contributed by atoms with van der Waals surface area (Å²) < 4.78 is 4.73. The lowest BCUT2D eigenvalue weighted by Crippen LogP contribution is -2.06. The minimum absolute atomic E-state index is 0.577. The Morgan fingerprint density at radius 1 is 0.339 bits per heavy atom. The highest BCUT2D eigenvalue weighted by molar-refractivity contribution is 6.28. The fourth-order valence-electron chi connectivity index (χ4n) is 8.88. The molecule has 11 aromatic rings. The number of nitrogens with zero attached hydrogens (tertiary/aromatic N) is 5. The monoisotopic (exact) mass is 713 g/mol. The molecule has 5 heteroatoms.